The minimum Gasteiger partial charge on any atom is -0.387 e. The summed E-state index contributed by atoms with van der Waals surface area (Å²) in [6.45, 7) is 23.9. The standard InChI is InChI=1S/C31H44N6/c1-9-16-31(8,10-2)37(24(6)22(4)12-11-21(3)23(5)35-28-13-14-28)25(7)36-30-19-26(15-17-33-30)27-18-29(32)34-20-27/h11-12,15,17,19-20,28,35H,3,5,7,9-10,13-14,16,18H2,1-2,4,6,8H3,(H2,32,34)(H,33,36)/b12-11-,24-22+. The van der Waals surface area contributed by atoms with Crippen molar-refractivity contribution in [2.24, 2.45) is 10.7 Å². The molecule has 0 aromatic carbocycles. The predicted octanol–water partition coefficient (Wildman–Crippen LogP) is 7.01. The molecule has 1 aromatic rings. The predicted molar refractivity (Wildman–Crippen MR) is 159 cm³/mol. The molecule has 0 radical (unpaired) electrons. The number of nitrogens with two attached hydrogens (primary N) is 1. The van der Waals surface area contributed by atoms with Gasteiger partial charge in [-0.1, -0.05) is 52.2 Å². The molecule has 1 unspecified atom stereocenters. The number of hydrogen-bond acceptors (Lipinski definition) is 6. The molecule has 0 bridgehead atoms. The van der Waals surface area contributed by atoms with Gasteiger partial charge in [0.25, 0.3) is 0 Å². The van der Waals surface area contributed by atoms with E-state index in [1.165, 1.54) is 12.8 Å². The summed E-state index contributed by atoms with van der Waals surface area (Å²) in [6, 6.07) is 4.57. The third kappa shape index (κ3) is 7.25. The van der Waals surface area contributed by atoms with E-state index >= 15 is 0 Å². The molecule has 1 aliphatic heterocycles. The highest BCUT2D eigenvalue weighted by Gasteiger charge is 2.32. The van der Waals surface area contributed by atoms with Gasteiger partial charge in [-0.3, -0.25) is 0 Å². The van der Waals surface area contributed by atoms with Gasteiger partial charge in [-0.15, -0.1) is 0 Å². The van der Waals surface area contributed by atoms with Gasteiger partial charge in [0.05, 0.1) is 0 Å². The molecule has 37 heavy (non-hydrogen) atoms. The molecule has 1 aromatic heterocycles. The van der Waals surface area contributed by atoms with Crippen LogP contribution in [0.2, 0.25) is 0 Å². The molecule has 0 spiro atoms. The van der Waals surface area contributed by atoms with E-state index in [1.807, 2.05) is 24.4 Å². The Morgan fingerprint density at radius 2 is 1.95 bits per heavy atom. The number of pyridine rings is 1. The summed E-state index contributed by atoms with van der Waals surface area (Å²) in [4.78, 5) is 11.1. The summed E-state index contributed by atoms with van der Waals surface area (Å²) < 4.78 is 0. The molecule has 2 heterocycles. The highest BCUT2D eigenvalue weighted by atomic mass is 15.3. The molecule has 198 valence electrons. The van der Waals surface area contributed by atoms with Crippen LogP contribution in [-0.2, 0) is 0 Å². The number of hydrogen-bond donors (Lipinski definition) is 3. The van der Waals surface area contributed by atoms with Gasteiger partial charge in [0.2, 0.25) is 0 Å². The zero-order chi connectivity index (χ0) is 27.2. The molecule has 4 N–H and O–H groups in total. The van der Waals surface area contributed by atoms with Gasteiger partial charge in [-0.2, -0.15) is 0 Å². The lowest BCUT2D eigenvalue weighted by atomic mass is 9.89. The average Bonchev–Trinajstić information content (AvgIpc) is 3.58. The Balaban J connectivity index is 1.85. The van der Waals surface area contributed by atoms with E-state index < -0.39 is 0 Å². The first kappa shape index (κ1) is 28.0. The average molecular weight is 501 g/mol. The van der Waals surface area contributed by atoms with Crippen LogP contribution in [0.5, 0.6) is 0 Å². The first-order valence-electron chi connectivity index (χ1n) is 13.3. The molecule has 0 saturated heterocycles. The number of nitrogens with one attached hydrogen (secondary N) is 2. The summed E-state index contributed by atoms with van der Waals surface area (Å²) in [5.74, 6) is 2.17. The fourth-order valence-electron chi connectivity index (χ4n) is 4.63. The van der Waals surface area contributed by atoms with Gasteiger partial charge < -0.3 is 21.3 Å². The van der Waals surface area contributed by atoms with Gasteiger partial charge in [0, 0.05) is 41.8 Å². The molecule has 6 nitrogen and oxygen atoms in total. The van der Waals surface area contributed by atoms with E-state index in [4.69, 9.17) is 5.73 Å². The van der Waals surface area contributed by atoms with Gasteiger partial charge in [-0.25, -0.2) is 9.98 Å². The van der Waals surface area contributed by atoms with Gasteiger partial charge >= 0.3 is 0 Å². The Hall–Kier alpha value is -3.54. The molecular formula is C31H44N6. The lowest BCUT2D eigenvalue weighted by molar-refractivity contribution is 0.170. The Labute approximate surface area is 223 Å². The fourth-order valence-corrected chi connectivity index (χ4v) is 4.63. The van der Waals surface area contributed by atoms with Crippen molar-refractivity contribution in [2.75, 3.05) is 5.32 Å². The highest BCUT2D eigenvalue weighted by Crippen LogP contribution is 2.34. The fraction of sp³-hybridized carbons (Fsp3) is 0.419. The van der Waals surface area contributed by atoms with Crippen molar-refractivity contribution in [1.29, 1.82) is 0 Å². The molecule has 2 aliphatic rings. The number of aromatic nitrogens is 1. The number of aliphatic imine (C=N–C) groups is 1. The van der Waals surface area contributed by atoms with Crippen molar-refractivity contribution >= 4 is 17.2 Å². The first-order valence-corrected chi connectivity index (χ1v) is 13.3. The van der Waals surface area contributed by atoms with Crippen LogP contribution < -0.4 is 16.4 Å². The Morgan fingerprint density at radius 3 is 2.54 bits per heavy atom. The summed E-state index contributed by atoms with van der Waals surface area (Å²) in [7, 11) is 0. The maximum Gasteiger partial charge on any atom is 0.131 e. The smallest absolute Gasteiger partial charge is 0.131 e. The Kier molecular flexibility index (Phi) is 9.19. The summed E-state index contributed by atoms with van der Waals surface area (Å²) in [5, 5.41) is 6.92. The largest absolute Gasteiger partial charge is 0.387 e. The summed E-state index contributed by atoms with van der Waals surface area (Å²) >= 11 is 0. The monoisotopic (exact) mass is 500 g/mol. The molecule has 1 fully saturated rings. The van der Waals surface area contributed by atoms with E-state index in [2.05, 4.69) is 85.9 Å². The molecule has 3 rings (SSSR count). The van der Waals surface area contributed by atoms with Crippen LogP contribution in [0.3, 0.4) is 0 Å². The molecule has 1 saturated carbocycles. The second-order valence-electron chi connectivity index (χ2n) is 10.4. The van der Waals surface area contributed by atoms with E-state index in [-0.39, 0.29) is 5.54 Å². The third-order valence-electron chi connectivity index (χ3n) is 7.30. The zero-order valence-corrected chi connectivity index (χ0v) is 23.3. The zero-order valence-electron chi connectivity index (χ0n) is 23.3. The minimum atomic E-state index is -0.111. The molecule has 1 aliphatic carbocycles. The number of amidine groups is 1. The van der Waals surface area contributed by atoms with Crippen LogP contribution in [0.15, 0.2) is 89.8 Å². The molecule has 1 atom stereocenters. The van der Waals surface area contributed by atoms with Crippen LogP contribution in [0.1, 0.15) is 78.7 Å². The molecular weight excluding hydrogens is 456 g/mol. The van der Waals surface area contributed by atoms with Crippen LogP contribution in [0, 0.1) is 0 Å². The topological polar surface area (TPSA) is 78.6 Å². The van der Waals surface area contributed by atoms with Crippen molar-refractivity contribution in [3.8, 4) is 0 Å². The van der Waals surface area contributed by atoms with Gasteiger partial charge in [0.15, 0.2) is 0 Å². The van der Waals surface area contributed by atoms with Gasteiger partial charge in [-0.05, 0) is 80.9 Å². The van der Waals surface area contributed by atoms with Crippen LogP contribution in [0.4, 0.5) is 5.82 Å². The van der Waals surface area contributed by atoms with Crippen LogP contribution in [-0.4, -0.2) is 27.3 Å². The normalized spacial score (nSPS) is 17.4. The van der Waals surface area contributed by atoms with Crippen molar-refractivity contribution in [2.45, 2.75) is 84.7 Å². The van der Waals surface area contributed by atoms with E-state index in [0.29, 0.717) is 18.3 Å². The van der Waals surface area contributed by atoms with E-state index in [1.54, 1.807) is 6.20 Å². The Morgan fingerprint density at radius 1 is 1.22 bits per heavy atom. The highest BCUT2D eigenvalue weighted by molar-refractivity contribution is 5.95. The van der Waals surface area contributed by atoms with Crippen LogP contribution in [0.25, 0.3) is 5.57 Å². The lowest BCUT2D eigenvalue weighted by Crippen LogP contribution is -2.45. The maximum absolute atomic E-state index is 5.88. The third-order valence-corrected chi connectivity index (χ3v) is 7.30. The van der Waals surface area contributed by atoms with Crippen LogP contribution >= 0.6 is 0 Å². The SMILES string of the molecule is C=C(/C=C\C(C)=C(/C)N(C(=C)Nc1cc(C2=CN=C(N)C2)ccn1)C(C)(CC)CCC)C(=C)NC1CC1. The molecule has 0 amide bonds. The van der Waals surface area contributed by atoms with Crippen molar-refractivity contribution < 1.29 is 0 Å². The van der Waals surface area contributed by atoms with E-state index in [0.717, 1.165) is 64.6 Å². The summed E-state index contributed by atoms with van der Waals surface area (Å²) in [5.41, 5.74) is 12.0. The van der Waals surface area contributed by atoms with Crippen molar-refractivity contribution in [3.05, 3.63) is 90.3 Å². The van der Waals surface area contributed by atoms with Gasteiger partial charge in [0.1, 0.15) is 17.5 Å². The minimum absolute atomic E-state index is 0.111. The second-order valence-corrected chi connectivity index (χ2v) is 10.4. The number of allylic oxidation sites excluding steroid dienone is 4. The first-order chi connectivity index (χ1) is 17.6. The number of rotatable bonds is 14. The number of anilines is 1. The number of nitrogens with zero attached hydrogens (tertiary/aromatic N) is 3. The lowest BCUT2D eigenvalue weighted by Gasteiger charge is -2.44. The second kappa shape index (κ2) is 12.1. The Bertz CT molecular complexity index is 1160. The maximum atomic E-state index is 5.88. The van der Waals surface area contributed by atoms with Crippen molar-refractivity contribution in [3.63, 3.8) is 0 Å². The van der Waals surface area contributed by atoms with E-state index in [9.17, 15) is 0 Å². The molecule has 6 heteroatoms. The quantitative estimate of drug-likeness (QED) is 0.240. The van der Waals surface area contributed by atoms with Crippen molar-refractivity contribution in [1.82, 2.24) is 15.2 Å². The summed E-state index contributed by atoms with van der Waals surface area (Å²) in [6.07, 6.45) is 14.0.